The highest BCUT2D eigenvalue weighted by molar-refractivity contribution is 7.90. The fraction of sp³-hybridized carbons (Fsp3) is 0.462. The van der Waals surface area contributed by atoms with Gasteiger partial charge in [0, 0.05) is 18.4 Å². The Morgan fingerprint density at radius 1 is 1.32 bits per heavy atom. The highest BCUT2D eigenvalue weighted by Crippen LogP contribution is 2.30. The van der Waals surface area contributed by atoms with E-state index in [1.165, 1.54) is 24.3 Å². The van der Waals surface area contributed by atoms with Gasteiger partial charge in [-0.3, -0.25) is 4.79 Å². The number of hydrogen-bond donors (Lipinski definition) is 2. The van der Waals surface area contributed by atoms with Crippen LogP contribution in [0.4, 0.5) is 0 Å². The van der Waals surface area contributed by atoms with Crippen molar-refractivity contribution in [2.75, 3.05) is 12.8 Å². The Bertz CT molecular complexity index is 573. The van der Waals surface area contributed by atoms with Gasteiger partial charge in [-0.2, -0.15) is 0 Å². The van der Waals surface area contributed by atoms with Crippen molar-refractivity contribution >= 4 is 15.7 Å². The minimum atomic E-state index is -3.25. The normalized spacial score (nSPS) is 17.6. The number of nitrogens with one attached hydrogen (secondary N) is 1. The van der Waals surface area contributed by atoms with E-state index in [9.17, 15) is 18.3 Å². The van der Waals surface area contributed by atoms with Gasteiger partial charge in [0.05, 0.1) is 10.5 Å². The predicted molar refractivity (Wildman–Crippen MR) is 70.7 cm³/mol. The first-order chi connectivity index (χ1) is 8.80. The molecular weight excluding hydrogens is 266 g/mol. The van der Waals surface area contributed by atoms with E-state index in [2.05, 4.69) is 5.32 Å². The van der Waals surface area contributed by atoms with E-state index in [0.29, 0.717) is 18.4 Å². The molecule has 1 aromatic rings. The zero-order valence-corrected chi connectivity index (χ0v) is 11.5. The molecule has 0 saturated heterocycles. The number of sulfone groups is 1. The maximum atomic E-state index is 11.8. The number of rotatable bonds is 4. The van der Waals surface area contributed by atoms with Gasteiger partial charge in [0.25, 0.3) is 5.91 Å². The standard InChI is InChI=1S/C13H17NO4S/c1-19(17,18)11-5-3-10(4-6-11)12(15)14-9-13(16)7-2-8-13/h3-6,16H,2,7-9H2,1H3,(H,14,15). The van der Waals surface area contributed by atoms with Crippen molar-refractivity contribution in [3.63, 3.8) is 0 Å². The van der Waals surface area contributed by atoms with Gasteiger partial charge in [0.1, 0.15) is 0 Å². The van der Waals surface area contributed by atoms with Crippen molar-refractivity contribution < 1.29 is 18.3 Å². The van der Waals surface area contributed by atoms with Crippen molar-refractivity contribution in [1.29, 1.82) is 0 Å². The molecule has 0 spiro atoms. The van der Waals surface area contributed by atoms with Gasteiger partial charge in [-0.05, 0) is 43.5 Å². The smallest absolute Gasteiger partial charge is 0.251 e. The van der Waals surface area contributed by atoms with Crippen molar-refractivity contribution in [1.82, 2.24) is 5.32 Å². The van der Waals surface area contributed by atoms with Crippen LogP contribution in [0.1, 0.15) is 29.6 Å². The molecule has 1 aliphatic rings. The summed E-state index contributed by atoms with van der Waals surface area (Å²) < 4.78 is 22.6. The minimum Gasteiger partial charge on any atom is -0.388 e. The summed E-state index contributed by atoms with van der Waals surface area (Å²) in [6, 6.07) is 5.75. The Balaban J connectivity index is 2.00. The molecule has 6 heteroatoms. The van der Waals surface area contributed by atoms with Crippen molar-refractivity contribution in [2.45, 2.75) is 29.8 Å². The largest absolute Gasteiger partial charge is 0.388 e. The number of carbonyl (C=O) groups excluding carboxylic acids is 1. The predicted octanol–water partition coefficient (Wildman–Crippen LogP) is 0.735. The topological polar surface area (TPSA) is 83.5 Å². The van der Waals surface area contributed by atoms with Gasteiger partial charge in [-0.25, -0.2) is 8.42 Å². The fourth-order valence-corrected chi connectivity index (χ4v) is 2.59. The van der Waals surface area contributed by atoms with Crippen LogP contribution < -0.4 is 5.32 Å². The number of aliphatic hydroxyl groups is 1. The SMILES string of the molecule is CS(=O)(=O)c1ccc(C(=O)NCC2(O)CCC2)cc1. The third-order valence-electron chi connectivity index (χ3n) is 3.41. The summed E-state index contributed by atoms with van der Waals surface area (Å²) >= 11 is 0. The summed E-state index contributed by atoms with van der Waals surface area (Å²) in [7, 11) is -3.25. The summed E-state index contributed by atoms with van der Waals surface area (Å²) in [5, 5.41) is 12.5. The van der Waals surface area contributed by atoms with E-state index >= 15 is 0 Å². The third kappa shape index (κ3) is 3.33. The van der Waals surface area contributed by atoms with E-state index in [0.717, 1.165) is 12.7 Å². The molecule has 1 aliphatic carbocycles. The van der Waals surface area contributed by atoms with Crippen molar-refractivity contribution in [2.24, 2.45) is 0 Å². The molecule has 0 atom stereocenters. The van der Waals surface area contributed by atoms with E-state index in [1.807, 2.05) is 0 Å². The number of amides is 1. The summed E-state index contributed by atoms with van der Waals surface area (Å²) in [6.45, 7) is 0.236. The maximum absolute atomic E-state index is 11.8. The zero-order chi connectivity index (χ0) is 14.1. The number of benzene rings is 1. The molecule has 5 nitrogen and oxygen atoms in total. The summed E-state index contributed by atoms with van der Waals surface area (Å²) in [6.07, 6.45) is 3.52. The Kier molecular flexibility index (Phi) is 3.64. The van der Waals surface area contributed by atoms with Gasteiger partial charge in [0.15, 0.2) is 9.84 Å². The Hall–Kier alpha value is -1.40. The molecule has 0 unspecified atom stereocenters. The summed E-state index contributed by atoms with van der Waals surface area (Å²) in [5.41, 5.74) is -0.377. The van der Waals surface area contributed by atoms with Gasteiger partial charge in [0.2, 0.25) is 0 Å². The molecule has 1 amide bonds. The average Bonchev–Trinajstić information content (AvgIpc) is 2.33. The quantitative estimate of drug-likeness (QED) is 0.853. The van der Waals surface area contributed by atoms with E-state index < -0.39 is 15.4 Å². The average molecular weight is 283 g/mol. The summed E-state index contributed by atoms with van der Waals surface area (Å²) in [5.74, 6) is -0.305. The Labute approximate surface area is 112 Å². The molecule has 0 aromatic heterocycles. The van der Waals surface area contributed by atoms with Crippen LogP contribution in [-0.4, -0.2) is 37.8 Å². The van der Waals surface area contributed by atoms with Crippen LogP contribution in [0.3, 0.4) is 0 Å². The van der Waals surface area contributed by atoms with Crippen LogP contribution in [0.5, 0.6) is 0 Å². The minimum absolute atomic E-state index is 0.182. The van der Waals surface area contributed by atoms with E-state index in [1.54, 1.807) is 0 Å². The molecule has 0 bridgehead atoms. The Morgan fingerprint density at radius 2 is 1.89 bits per heavy atom. The molecule has 2 rings (SSSR count). The first-order valence-electron chi connectivity index (χ1n) is 6.11. The highest BCUT2D eigenvalue weighted by Gasteiger charge is 2.34. The number of carbonyl (C=O) groups is 1. The first-order valence-corrected chi connectivity index (χ1v) is 8.00. The van der Waals surface area contributed by atoms with Crippen LogP contribution in [0, 0.1) is 0 Å². The number of hydrogen-bond acceptors (Lipinski definition) is 4. The second-order valence-corrected chi connectivity index (χ2v) is 7.07. The molecular formula is C13H17NO4S. The van der Waals surface area contributed by atoms with Crippen LogP contribution in [-0.2, 0) is 9.84 Å². The zero-order valence-electron chi connectivity index (χ0n) is 10.7. The molecule has 1 fully saturated rings. The first kappa shape index (κ1) is 14.0. The second kappa shape index (κ2) is 4.94. The summed E-state index contributed by atoms with van der Waals surface area (Å²) in [4.78, 5) is 12.0. The molecule has 0 aliphatic heterocycles. The lowest BCUT2D eigenvalue weighted by molar-refractivity contribution is -0.0300. The van der Waals surface area contributed by atoms with E-state index in [-0.39, 0.29) is 17.3 Å². The van der Waals surface area contributed by atoms with E-state index in [4.69, 9.17) is 0 Å². The molecule has 2 N–H and O–H groups in total. The molecule has 0 radical (unpaired) electrons. The lowest BCUT2D eigenvalue weighted by atomic mass is 9.80. The molecule has 1 saturated carbocycles. The van der Waals surface area contributed by atoms with Gasteiger partial charge >= 0.3 is 0 Å². The molecule has 104 valence electrons. The highest BCUT2D eigenvalue weighted by atomic mass is 32.2. The van der Waals surface area contributed by atoms with Gasteiger partial charge < -0.3 is 10.4 Å². The van der Waals surface area contributed by atoms with Crippen LogP contribution in [0.25, 0.3) is 0 Å². The molecule has 0 heterocycles. The lowest BCUT2D eigenvalue weighted by Gasteiger charge is -2.36. The fourth-order valence-electron chi connectivity index (χ4n) is 1.96. The molecule has 19 heavy (non-hydrogen) atoms. The van der Waals surface area contributed by atoms with Crippen molar-refractivity contribution in [3.05, 3.63) is 29.8 Å². The lowest BCUT2D eigenvalue weighted by Crippen LogP contribution is -2.47. The Morgan fingerprint density at radius 3 is 2.32 bits per heavy atom. The van der Waals surface area contributed by atoms with Gasteiger partial charge in [-0.1, -0.05) is 0 Å². The molecule has 1 aromatic carbocycles. The van der Waals surface area contributed by atoms with Gasteiger partial charge in [-0.15, -0.1) is 0 Å². The van der Waals surface area contributed by atoms with Crippen LogP contribution in [0.15, 0.2) is 29.2 Å². The second-order valence-electron chi connectivity index (χ2n) is 5.06. The maximum Gasteiger partial charge on any atom is 0.251 e. The van der Waals surface area contributed by atoms with Crippen LogP contribution in [0.2, 0.25) is 0 Å². The van der Waals surface area contributed by atoms with Crippen molar-refractivity contribution in [3.8, 4) is 0 Å². The monoisotopic (exact) mass is 283 g/mol. The van der Waals surface area contributed by atoms with Crippen LogP contribution >= 0.6 is 0 Å². The third-order valence-corrected chi connectivity index (χ3v) is 4.54.